The van der Waals surface area contributed by atoms with Crippen LogP contribution in [0.1, 0.15) is 19.8 Å². The molecule has 1 aromatic rings. The molecule has 1 atom stereocenters. The Morgan fingerprint density at radius 2 is 2.40 bits per heavy atom. The van der Waals surface area contributed by atoms with Crippen LogP contribution in [0.3, 0.4) is 0 Å². The highest BCUT2D eigenvalue weighted by molar-refractivity contribution is 7.99. The summed E-state index contributed by atoms with van der Waals surface area (Å²) in [5, 5.41) is 20.6. The van der Waals surface area contributed by atoms with Crippen molar-refractivity contribution in [1.82, 2.24) is 20.2 Å². The molecule has 0 spiro atoms. The lowest BCUT2D eigenvalue weighted by atomic mass is 10.0. The highest BCUT2D eigenvalue weighted by Crippen LogP contribution is 2.16. The fourth-order valence-corrected chi connectivity index (χ4v) is 1.79. The summed E-state index contributed by atoms with van der Waals surface area (Å²) in [4.78, 5) is 0. The molecule has 6 nitrogen and oxygen atoms in total. The molecule has 0 fully saturated rings. The molecule has 1 aromatic heterocycles. The van der Waals surface area contributed by atoms with Crippen molar-refractivity contribution in [3.63, 3.8) is 0 Å². The number of nitriles is 1. The minimum atomic E-state index is -0.724. The summed E-state index contributed by atoms with van der Waals surface area (Å²) in [6.45, 7) is 1.74. The Morgan fingerprint density at radius 1 is 1.67 bits per heavy atom. The number of aryl methyl sites for hydroxylation is 1. The predicted molar refractivity (Wildman–Crippen MR) is 57.0 cm³/mol. The maximum absolute atomic E-state index is 8.70. The number of nitrogens with two attached hydrogens (primary N) is 1. The van der Waals surface area contributed by atoms with Crippen LogP contribution < -0.4 is 5.73 Å². The average molecular weight is 226 g/mol. The van der Waals surface area contributed by atoms with E-state index in [1.807, 2.05) is 0 Å². The molecule has 0 aliphatic rings. The second-order valence-electron chi connectivity index (χ2n) is 3.57. The van der Waals surface area contributed by atoms with E-state index in [-0.39, 0.29) is 0 Å². The number of aromatic nitrogens is 4. The van der Waals surface area contributed by atoms with Gasteiger partial charge in [0.15, 0.2) is 0 Å². The van der Waals surface area contributed by atoms with Gasteiger partial charge in [0.1, 0.15) is 5.54 Å². The minimum absolute atomic E-state index is 0.682. The van der Waals surface area contributed by atoms with E-state index in [9.17, 15) is 0 Å². The van der Waals surface area contributed by atoms with Gasteiger partial charge in [-0.05, 0) is 30.2 Å². The first-order chi connectivity index (χ1) is 7.05. The van der Waals surface area contributed by atoms with Gasteiger partial charge in [-0.2, -0.15) is 5.26 Å². The molecule has 0 radical (unpaired) electrons. The molecule has 1 rings (SSSR count). The zero-order valence-electron chi connectivity index (χ0n) is 8.84. The van der Waals surface area contributed by atoms with Crippen molar-refractivity contribution in [3.05, 3.63) is 0 Å². The molecule has 0 bridgehead atoms. The van der Waals surface area contributed by atoms with E-state index in [2.05, 4.69) is 21.6 Å². The Labute approximate surface area is 92.8 Å². The van der Waals surface area contributed by atoms with E-state index in [4.69, 9.17) is 11.0 Å². The monoisotopic (exact) mass is 226 g/mol. The fourth-order valence-electron chi connectivity index (χ4n) is 1.00. The van der Waals surface area contributed by atoms with Crippen molar-refractivity contribution in [3.8, 4) is 6.07 Å². The zero-order valence-corrected chi connectivity index (χ0v) is 9.66. The van der Waals surface area contributed by atoms with Gasteiger partial charge in [0.05, 0.1) is 6.07 Å². The Kier molecular flexibility index (Phi) is 4.05. The van der Waals surface area contributed by atoms with Crippen LogP contribution >= 0.6 is 11.8 Å². The van der Waals surface area contributed by atoms with Crippen molar-refractivity contribution in [2.24, 2.45) is 12.8 Å². The number of rotatable bonds is 5. The van der Waals surface area contributed by atoms with Gasteiger partial charge < -0.3 is 5.73 Å². The lowest BCUT2D eigenvalue weighted by Gasteiger charge is -2.13. The second kappa shape index (κ2) is 5.09. The predicted octanol–water partition coefficient (Wildman–Crippen LogP) is 0.323. The quantitative estimate of drug-likeness (QED) is 0.574. The molecular weight excluding hydrogens is 212 g/mol. The van der Waals surface area contributed by atoms with Gasteiger partial charge in [0.2, 0.25) is 5.16 Å². The molecule has 0 amide bonds. The lowest BCUT2D eigenvalue weighted by molar-refractivity contribution is 0.540. The van der Waals surface area contributed by atoms with Crippen molar-refractivity contribution in [2.75, 3.05) is 5.75 Å². The third-order valence-electron chi connectivity index (χ3n) is 1.91. The Balaban J connectivity index is 2.24. The summed E-state index contributed by atoms with van der Waals surface area (Å²) < 4.78 is 1.62. The van der Waals surface area contributed by atoms with E-state index in [1.54, 1.807) is 30.4 Å². The van der Waals surface area contributed by atoms with E-state index < -0.39 is 5.54 Å². The van der Waals surface area contributed by atoms with E-state index >= 15 is 0 Å². The lowest BCUT2D eigenvalue weighted by Crippen LogP contribution is -2.33. The second-order valence-corrected chi connectivity index (χ2v) is 4.63. The SMILES string of the molecule is Cn1nnnc1SCCCC(C)(N)C#N. The van der Waals surface area contributed by atoms with E-state index in [1.165, 1.54) is 0 Å². The Hall–Kier alpha value is -1.13. The largest absolute Gasteiger partial charge is 0.314 e. The molecule has 1 unspecified atom stereocenters. The van der Waals surface area contributed by atoms with Crippen LogP contribution in [0, 0.1) is 11.3 Å². The third kappa shape index (κ3) is 3.85. The molecule has 82 valence electrons. The summed E-state index contributed by atoms with van der Waals surface area (Å²) in [7, 11) is 1.80. The summed E-state index contributed by atoms with van der Waals surface area (Å²) in [6, 6.07) is 2.07. The van der Waals surface area contributed by atoms with Crippen LogP contribution in [-0.2, 0) is 7.05 Å². The van der Waals surface area contributed by atoms with Crippen molar-refractivity contribution < 1.29 is 0 Å². The number of hydrogen-bond acceptors (Lipinski definition) is 6. The molecule has 0 saturated heterocycles. The van der Waals surface area contributed by atoms with Crippen molar-refractivity contribution in [2.45, 2.75) is 30.5 Å². The van der Waals surface area contributed by atoms with Crippen molar-refractivity contribution >= 4 is 11.8 Å². The first-order valence-electron chi connectivity index (χ1n) is 4.60. The average Bonchev–Trinajstić information content (AvgIpc) is 2.59. The van der Waals surface area contributed by atoms with Gasteiger partial charge in [-0.1, -0.05) is 11.8 Å². The first kappa shape index (κ1) is 11.9. The minimum Gasteiger partial charge on any atom is -0.314 e. The maximum atomic E-state index is 8.70. The van der Waals surface area contributed by atoms with Crippen LogP contribution in [0.25, 0.3) is 0 Å². The maximum Gasteiger partial charge on any atom is 0.209 e. The Bertz CT molecular complexity index is 352. The standard InChI is InChI=1S/C8H14N6S/c1-8(10,6-9)4-3-5-15-7-11-12-13-14(7)2/h3-5,10H2,1-2H3. The molecule has 7 heteroatoms. The van der Waals surface area contributed by atoms with Gasteiger partial charge in [0, 0.05) is 12.8 Å². The van der Waals surface area contributed by atoms with E-state index in [0.717, 1.165) is 17.3 Å². The smallest absolute Gasteiger partial charge is 0.209 e. The summed E-state index contributed by atoms with van der Waals surface area (Å²) >= 11 is 1.57. The van der Waals surface area contributed by atoms with Crippen LogP contribution in [-0.4, -0.2) is 31.5 Å². The van der Waals surface area contributed by atoms with Gasteiger partial charge in [-0.25, -0.2) is 4.68 Å². The summed E-state index contributed by atoms with van der Waals surface area (Å²) in [5.74, 6) is 0.864. The van der Waals surface area contributed by atoms with E-state index in [0.29, 0.717) is 6.42 Å². The van der Waals surface area contributed by atoms with Crippen LogP contribution in [0.4, 0.5) is 0 Å². The van der Waals surface area contributed by atoms with Crippen LogP contribution in [0.15, 0.2) is 5.16 Å². The molecule has 0 aromatic carbocycles. The highest BCUT2D eigenvalue weighted by Gasteiger charge is 2.16. The summed E-state index contributed by atoms with van der Waals surface area (Å²) in [6.07, 6.45) is 1.56. The molecule has 2 N–H and O–H groups in total. The number of thioether (sulfide) groups is 1. The van der Waals surface area contributed by atoms with Crippen molar-refractivity contribution in [1.29, 1.82) is 5.26 Å². The number of nitrogens with zero attached hydrogens (tertiary/aromatic N) is 5. The van der Waals surface area contributed by atoms with Crippen LogP contribution in [0.5, 0.6) is 0 Å². The normalized spacial score (nSPS) is 14.5. The fraction of sp³-hybridized carbons (Fsp3) is 0.750. The number of tetrazole rings is 1. The topological polar surface area (TPSA) is 93.4 Å². The van der Waals surface area contributed by atoms with Gasteiger partial charge >= 0.3 is 0 Å². The first-order valence-corrected chi connectivity index (χ1v) is 5.59. The highest BCUT2D eigenvalue weighted by atomic mass is 32.2. The third-order valence-corrected chi connectivity index (χ3v) is 3.01. The number of hydrogen-bond donors (Lipinski definition) is 1. The Morgan fingerprint density at radius 3 is 2.93 bits per heavy atom. The van der Waals surface area contributed by atoms with Gasteiger partial charge in [-0.3, -0.25) is 0 Å². The van der Waals surface area contributed by atoms with Gasteiger partial charge in [-0.15, -0.1) is 5.10 Å². The molecule has 0 aliphatic carbocycles. The molecule has 0 aliphatic heterocycles. The molecule has 1 heterocycles. The van der Waals surface area contributed by atoms with Crippen LogP contribution in [0.2, 0.25) is 0 Å². The van der Waals surface area contributed by atoms with Gasteiger partial charge in [0.25, 0.3) is 0 Å². The molecular formula is C8H14N6S. The summed E-state index contributed by atoms with van der Waals surface area (Å²) in [5.41, 5.74) is 4.97. The molecule has 0 saturated carbocycles. The molecule has 15 heavy (non-hydrogen) atoms. The zero-order chi connectivity index (χ0) is 11.3.